The third kappa shape index (κ3) is 3.22. The van der Waals surface area contributed by atoms with Gasteiger partial charge in [0.1, 0.15) is 0 Å². The summed E-state index contributed by atoms with van der Waals surface area (Å²) in [6, 6.07) is 0. The Hall–Kier alpha value is -0.130. The Balaban J connectivity index is 2.46. The molecule has 0 aromatic carbocycles. The van der Waals surface area contributed by atoms with Gasteiger partial charge >= 0.3 is 0 Å². The number of aliphatic hydroxyl groups excluding tert-OH is 1. The van der Waals surface area contributed by atoms with Crippen molar-refractivity contribution in [3.05, 3.63) is 0 Å². The quantitative estimate of drug-likeness (QED) is 0.715. The van der Waals surface area contributed by atoms with E-state index in [1.807, 2.05) is 6.92 Å². The monoisotopic (exact) mass is 222 g/mol. The van der Waals surface area contributed by atoms with Crippen molar-refractivity contribution >= 4 is 9.84 Å². The molecule has 84 valence electrons. The van der Waals surface area contributed by atoms with Gasteiger partial charge in [-0.15, -0.1) is 0 Å². The first kappa shape index (κ1) is 11.9. The van der Waals surface area contributed by atoms with Crippen molar-refractivity contribution in [3.8, 4) is 0 Å². The van der Waals surface area contributed by atoms with E-state index < -0.39 is 9.84 Å². The summed E-state index contributed by atoms with van der Waals surface area (Å²) in [6.07, 6.45) is 0.667. The zero-order valence-corrected chi connectivity index (χ0v) is 9.29. The average molecular weight is 222 g/mol. The van der Waals surface area contributed by atoms with Crippen LogP contribution in [-0.4, -0.2) is 44.9 Å². The van der Waals surface area contributed by atoms with Crippen LogP contribution in [0.25, 0.3) is 0 Å². The van der Waals surface area contributed by atoms with Gasteiger partial charge in [-0.1, -0.05) is 0 Å². The van der Waals surface area contributed by atoms with Crippen molar-refractivity contribution < 1.29 is 18.3 Å². The molecule has 0 aliphatic carbocycles. The molecule has 1 rings (SSSR count). The lowest BCUT2D eigenvalue weighted by Crippen LogP contribution is -2.24. The van der Waals surface area contributed by atoms with Crippen LogP contribution in [0.4, 0.5) is 0 Å². The standard InChI is InChI=1S/C9H18O4S/c1-2-13-6-9(5-10)8-3-4-14(11,12)7-8/h8-10H,2-7H2,1H3. The van der Waals surface area contributed by atoms with Crippen molar-refractivity contribution in [1.29, 1.82) is 0 Å². The van der Waals surface area contributed by atoms with E-state index >= 15 is 0 Å². The van der Waals surface area contributed by atoms with Crippen LogP contribution in [-0.2, 0) is 14.6 Å². The zero-order chi connectivity index (χ0) is 10.6. The number of ether oxygens (including phenoxy) is 1. The van der Waals surface area contributed by atoms with Gasteiger partial charge in [0.05, 0.1) is 18.1 Å². The maximum Gasteiger partial charge on any atom is 0.150 e. The van der Waals surface area contributed by atoms with Crippen LogP contribution in [0.3, 0.4) is 0 Å². The van der Waals surface area contributed by atoms with E-state index in [2.05, 4.69) is 0 Å². The number of aliphatic hydroxyl groups is 1. The molecule has 14 heavy (non-hydrogen) atoms. The summed E-state index contributed by atoms with van der Waals surface area (Å²) < 4.78 is 27.6. The van der Waals surface area contributed by atoms with Crippen LogP contribution in [0, 0.1) is 11.8 Å². The molecule has 2 atom stereocenters. The minimum absolute atomic E-state index is 0.0141. The molecular weight excluding hydrogens is 204 g/mol. The van der Waals surface area contributed by atoms with Crippen LogP contribution in [0.1, 0.15) is 13.3 Å². The van der Waals surface area contributed by atoms with Gasteiger partial charge in [-0.2, -0.15) is 0 Å². The third-order valence-electron chi connectivity index (χ3n) is 2.70. The first-order chi connectivity index (χ1) is 6.59. The topological polar surface area (TPSA) is 63.6 Å². The molecular formula is C9H18O4S. The highest BCUT2D eigenvalue weighted by Gasteiger charge is 2.33. The Morgan fingerprint density at radius 2 is 2.29 bits per heavy atom. The Bertz CT molecular complexity index is 260. The number of sulfone groups is 1. The van der Waals surface area contributed by atoms with E-state index in [1.54, 1.807) is 0 Å². The molecule has 0 amide bonds. The average Bonchev–Trinajstić information content (AvgIpc) is 2.48. The van der Waals surface area contributed by atoms with E-state index in [1.165, 1.54) is 0 Å². The van der Waals surface area contributed by atoms with Crippen LogP contribution in [0.2, 0.25) is 0 Å². The maximum absolute atomic E-state index is 11.2. The van der Waals surface area contributed by atoms with E-state index in [-0.39, 0.29) is 29.9 Å². The smallest absolute Gasteiger partial charge is 0.150 e. The predicted octanol–water partition coefficient (Wildman–Crippen LogP) is 0.0661. The molecule has 1 aliphatic heterocycles. The highest BCUT2D eigenvalue weighted by atomic mass is 32.2. The number of hydrogen-bond acceptors (Lipinski definition) is 4. The Morgan fingerprint density at radius 3 is 2.71 bits per heavy atom. The molecule has 1 saturated heterocycles. The van der Waals surface area contributed by atoms with E-state index in [4.69, 9.17) is 9.84 Å². The van der Waals surface area contributed by atoms with E-state index in [9.17, 15) is 8.42 Å². The molecule has 5 heteroatoms. The fraction of sp³-hybridized carbons (Fsp3) is 1.00. The molecule has 1 aliphatic rings. The summed E-state index contributed by atoms with van der Waals surface area (Å²) in [5.41, 5.74) is 0. The van der Waals surface area contributed by atoms with E-state index in [0.717, 1.165) is 0 Å². The molecule has 0 aromatic rings. The van der Waals surface area contributed by atoms with Gasteiger partial charge in [-0.05, 0) is 19.3 Å². The fourth-order valence-electron chi connectivity index (χ4n) is 1.80. The minimum Gasteiger partial charge on any atom is -0.396 e. The van der Waals surface area contributed by atoms with Crippen LogP contribution >= 0.6 is 0 Å². The number of rotatable bonds is 5. The van der Waals surface area contributed by atoms with Gasteiger partial charge in [0.25, 0.3) is 0 Å². The Kier molecular flexibility index (Phi) is 4.34. The first-order valence-corrected chi connectivity index (χ1v) is 6.80. The van der Waals surface area contributed by atoms with Gasteiger partial charge in [0.2, 0.25) is 0 Å². The molecule has 1 heterocycles. The largest absolute Gasteiger partial charge is 0.396 e. The Morgan fingerprint density at radius 1 is 1.57 bits per heavy atom. The third-order valence-corrected chi connectivity index (χ3v) is 4.50. The molecule has 0 aromatic heterocycles. The molecule has 4 nitrogen and oxygen atoms in total. The molecule has 0 radical (unpaired) electrons. The van der Waals surface area contributed by atoms with Gasteiger partial charge in [-0.3, -0.25) is 0 Å². The fourth-order valence-corrected chi connectivity index (χ4v) is 3.72. The van der Waals surface area contributed by atoms with Crippen molar-refractivity contribution in [3.63, 3.8) is 0 Å². The van der Waals surface area contributed by atoms with Crippen molar-refractivity contribution in [1.82, 2.24) is 0 Å². The van der Waals surface area contributed by atoms with Crippen molar-refractivity contribution in [2.75, 3.05) is 31.3 Å². The molecule has 0 saturated carbocycles. The summed E-state index contributed by atoms with van der Waals surface area (Å²) >= 11 is 0. The van der Waals surface area contributed by atoms with Gasteiger partial charge in [-0.25, -0.2) is 8.42 Å². The lowest BCUT2D eigenvalue weighted by atomic mass is 9.93. The SMILES string of the molecule is CCOCC(CO)C1CCS(=O)(=O)C1. The highest BCUT2D eigenvalue weighted by Crippen LogP contribution is 2.26. The zero-order valence-electron chi connectivity index (χ0n) is 8.48. The second-order valence-electron chi connectivity index (χ2n) is 3.77. The van der Waals surface area contributed by atoms with Gasteiger partial charge in [0.15, 0.2) is 9.84 Å². The molecule has 1 fully saturated rings. The maximum atomic E-state index is 11.2. The van der Waals surface area contributed by atoms with Gasteiger partial charge < -0.3 is 9.84 Å². The highest BCUT2D eigenvalue weighted by molar-refractivity contribution is 7.91. The van der Waals surface area contributed by atoms with Crippen LogP contribution in [0.5, 0.6) is 0 Å². The molecule has 2 unspecified atom stereocenters. The molecule has 0 bridgehead atoms. The Labute approximate surface area is 85.2 Å². The van der Waals surface area contributed by atoms with E-state index in [0.29, 0.717) is 19.6 Å². The summed E-state index contributed by atoms with van der Waals surface area (Å²) in [7, 11) is -2.84. The predicted molar refractivity (Wildman–Crippen MR) is 53.8 cm³/mol. The van der Waals surface area contributed by atoms with Gasteiger partial charge in [0, 0.05) is 19.1 Å². The van der Waals surface area contributed by atoms with Crippen molar-refractivity contribution in [2.45, 2.75) is 13.3 Å². The summed E-state index contributed by atoms with van der Waals surface area (Å²) in [4.78, 5) is 0. The molecule has 0 spiro atoms. The first-order valence-electron chi connectivity index (χ1n) is 4.98. The summed E-state index contributed by atoms with van der Waals surface area (Å²) in [6.45, 7) is 2.98. The summed E-state index contributed by atoms with van der Waals surface area (Å²) in [5, 5.41) is 9.11. The normalized spacial score (nSPS) is 27.7. The number of hydrogen-bond donors (Lipinski definition) is 1. The lowest BCUT2D eigenvalue weighted by Gasteiger charge is -2.19. The van der Waals surface area contributed by atoms with Crippen LogP contribution in [0.15, 0.2) is 0 Å². The minimum atomic E-state index is -2.84. The summed E-state index contributed by atoms with van der Waals surface area (Å²) in [5.74, 6) is 0.537. The molecule has 1 N–H and O–H groups in total. The lowest BCUT2D eigenvalue weighted by molar-refractivity contribution is 0.0582. The van der Waals surface area contributed by atoms with Crippen molar-refractivity contribution in [2.24, 2.45) is 11.8 Å². The second-order valence-corrected chi connectivity index (χ2v) is 5.99. The van der Waals surface area contributed by atoms with Crippen LogP contribution < -0.4 is 0 Å². The second kappa shape index (κ2) is 5.09.